The second kappa shape index (κ2) is 8.16. The van der Waals surface area contributed by atoms with E-state index in [1.54, 1.807) is 6.07 Å². The van der Waals surface area contributed by atoms with Gasteiger partial charge in [0.05, 0.1) is 5.39 Å². The molecule has 0 aliphatic heterocycles. The van der Waals surface area contributed by atoms with E-state index in [0.29, 0.717) is 11.3 Å². The Labute approximate surface area is 149 Å². The Morgan fingerprint density at radius 1 is 1.00 bits per heavy atom. The molecule has 0 spiro atoms. The molecule has 25 heavy (non-hydrogen) atoms. The normalized spacial score (nSPS) is 20.9. The van der Waals surface area contributed by atoms with Gasteiger partial charge in [-0.2, -0.15) is 0 Å². The van der Waals surface area contributed by atoms with Gasteiger partial charge in [-0.3, -0.25) is 0 Å². The second-order valence-corrected chi connectivity index (χ2v) is 7.57. The Morgan fingerprint density at radius 3 is 2.48 bits per heavy atom. The van der Waals surface area contributed by atoms with Gasteiger partial charge in [-0.1, -0.05) is 51.2 Å². The van der Waals surface area contributed by atoms with Crippen molar-refractivity contribution in [3.05, 3.63) is 41.5 Å². The predicted octanol–water partition coefficient (Wildman–Crippen LogP) is 7.07. The van der Waals surface area contributed by atoms with E-state index in [2.05, 4.69) is 6.92 Å². The first-order chi connectivity index (χ1) is 12.1. The fourth-order valence-corrected chi connectivity index (χ4v) is 4.26. The van der Waals surface area contributed by atoms with Crippen LogP contribution < -0.4 is 0 Å². The van der Waals surface area contributed by atoms with Crippen LogP contribution in [0.4, 0.5) is 8.78 Å². The summed E-state index contributed by atoms with van der Waals surface area (Å²) >= 11 is 0. The summed E-state index contributed by atoms with van der Waals surface area (Å²) in [5, 5.41) is 9.88. The van der Waals surface area contributed by atoms with Crippen molar-refractivity contribution in [1.82, 2.24) is 0 Å². The Hall–Kier alpha value is -1.64. The average molecular weight is 346 g/mol. The van der Waals surface area contributed by atoms with Crippen LogP contribution in [0.3, 0.4) is 0 Å². The van der Waals surface area contributed by atoms with Crippen molar-refractivity contribution in [3.63, 3.8) is 0 Å². The molecule has 1 fully saturated rings. The van der Waals surface area contributed by atoms with E-state index in [1.807, 2.05) is 6.07 Å². The highest BCUT2D eigenvalue weighted by molar-refractivity contribution is 5.86. The van der Waals surface area contributed by atoms with E-state index in [0.717, 1.165) is 24.3 Å². The molecule has 0 radical (unpaired) electrons. The van der Waals surface area contributed by atoms with Crippen LogP contribution in [0.25, 0.3) is 10.8 Å². The molecule has 3 rings (SSSR count). The topological polar surface area (TPSA) is 20.2 Å². The monoisotopic (exact) mass is 346 g/mol. The van der Waals surface area contributed by atoms with Crippen LogP contribution in [0.2, 0.25) is 0 Å². The Kier molecular flexibility index (Phi) is 5.93. The quantitative estimate of drug-likeness (QED) is 0.555. The predicted molar refractivity (Wildman–Crippen MR) is 99.0 cm³/mol. The first-order valence-electron chi connectivity index (χ1n) is 9.70. The Morgan fingerprint density at radius 2 is 1.76 bits per heavy atom. The molecule has 1 aliphatic carbocycles. The number of hydrogen-bond donors (Lipinski definition) is 1. The summed E-state index contributed by atoms with van der Waals surface area (Å²) < 4.78 is 28.4. The fourth-order valence-electron chi connectivity index (χ4n) is 4.26. The zero-order valence-electron chi connectivity index (χ0n) is 15.0. The lowest BCUT2D eigenvalue weighted by Gasteiger charge is -2.29. The van der Waals surface area contributed by atoms with Crippen LogP contribution in [0.15, 0.2) is 24.3 Å². The van der Waals surface area contributed by atoms with Crippen LogP contribution in [0.5, 0.6) is 5.75 Å². The molecule has 0 bridgehead atoms. The summed E-state index contributed by atoms with van der Waals surface area (Å²) in [6.07, 6.45) is 11.2. The minimum atomic E-state index is -0.864. The lowest BCUT2D eigenvalue weighted by Crippen LogP contribution is -2.13. The SMILES string of the molecule is CCCCCCC1CCC(c2cc(F)c3c(F)c(O)ccc3c2)CC1. The highest BCUT2D eigenvalue weighted by Gasteiger charge is 2.23. The zero-order valence-corrected chi connectivity index (χ0v) is 15.0. The van der Waals surface area contributed by atoms with Gasteiger partial charge in [0.15, 0.2) is 11.6 Å². The molecule has 3 heteroatoms. The molecule has 0 atom stereocenters. The second-order valence-electron chi connectivity index (χ2n) is 7.57. The van der Waals surface area contributed by atoms with Crippen LogP contribution in [0, 0.1) is 17.6 Å². The van der Waals surface area contributed by atoms with Crippen molar-refractivity contribution < 1.29 is 13.9 Å². The third-order valence-corrected chi connectivity index (χ3v) is 5.79. The number of unbranched alkanes of at least 4 members (excludes halogenated alkanes) is 3. The standard InChI is InChI=1S/C22H28F2O/c1-2-3-4-5-6-15-7-9-16(10-8-15)18-13-17-11-12-20(25)22(24)21(17)19(23)14-18/h11-16,25H,2-10H2,1H3. The minimum absolute atomic E-state index is 0.103. The number of fused-ring (bicyclic) bond motifs is 1. The smallest absolute Gasteiger partial charge is 0.175 e. The zero-order chi connectivity index (χ0) is 17.8. The average Bonchev–Trinajstić information content (AvgIpc) is 2.62. The molecule has 1 N–H and O–H groups in total. The third kappa shape index (κ3) is 4.13. The van der Waals surface area contributed by atoms with Gasteiger partial charge in [0.1, 0.15) is 5.82 Å². The molecule has 2 aromatic carbocycles. The van der Waals surface area contributed by atoms with E-state index in [4.69, 9.17) is 0 Å². The first kappa shape index (κ1) is 18.2. The van der Waals surface area contributed by atoms with Gasteiger partial charge in [-0.25, -0.2) is 8.78 Å². The minimum Gasteiger partial charge on any atom is -0.505 e. The van der Waals surface area contributed by atoms with Gasteiger partial charge in [0.2, 0.25) is 0 Å². The number of hydrogen-bond acceptors (Lipinski definition) is 1. The molecule has 0 amide bonds. The van der Waals surface area contributed by atoms with Crippen molar-refractivity contribution in [2.24, 2.45) is 5.92 Å². The molecule has 1 aliphatic rings. The molecule has 0 unspecified atom stereocenters. The van der Waals surface area contributed by atoms with Gasteiger partial charge in [0, 0.05) is 0 Å². The van der Waals surface area contributed by atoms with Crippen LogP contribution in [0.1, 0.15) is 76.2 Å². The lowest BCUT2D eigenvalue weighted by atomic mass is 9.76. The first-order valence-corrected chi connectivity index (χ1v) is 9.70. The van der Waals surface area contributed by atoms with Gasteiger partial charge >= 0.3 is 0 Å². The number of phenolic OH excluding ortho intramolecular Hbond substituents is 1. The van der Waals surface area contributed by atoms with Crippen molar-refractivity contribution in [2.45, 2.75) is 70.6 Å². The van der Waals surface area contributed by atoms with E-state index in [-0.39, 0.29) is 5.39 Å². The number of rotatable bonds is 6. The van der Waals surface area contributed by atoms with Gasteiger partial charge in [-0.15, -0.1) is 0 Å². The number of aromatic hydroxyl groups is 1. The molecule has 1 saturated carbocycles. The number of benzene rings is 2. The highest BCUT2D eigenvalue weighted by Crippen LogP contribution is 2.39. The largest absolute Gasteiger partial charge is 0.505 e. The van der Waals surface area contributed by atoms with Gasteiger partial charge < -0.3 is 5.11 Å². The molecule has 0 heterocycles. The number of halogens is 2. The van der Waals surface area contributed by atoms with E-state index in [9.17, 15) is 13.9 Å². The summed E-state index contributed by atoms with van der Waals surface area (Å²) in [5.41, 5.74) is 0.972. The van der Waals surface area contributed by atoms with Crippen molar-refractivity contribution >= 4 is 10.8 Å². The summed E-state index contributed by atoms with van der Waals surface area (Å²) in [5.74, 6) is -0.752. The summed E-state index contributed by atoms with van der Waals surface area (Å²) in [4.78, 5) is 0. The summed E-state index contributed by atoms with van der Waals surface area (Å²) in [7, 11) is 0. The van der Waals surface area contributed by atoms with Crippen LogP contribution in [-0.2, 0) is 0 Å². The molecule has 0 aromatic heterocycles. The maximum Gasteiger partial charge on any atom is 0.175 e. The molecular weight excluding hydrogens is 318 g/mol. The van der Waals surface area contributed by atoms with Crippen molar-refractivity contribution in [3.8, 4) is 5.75 Å². The summed E-state index contributed by atoms with van der Waals surface area (Å²) in [6, 6.07) is 6.26. The molecule has 0 saturated heterocycles. The lowest BCUT2D eigenvalue weighted by molar-refractivity contribution is 0.302. The van der Waals surface area contributed by atoms with E-state index in [1.165, 1.54) is 57.1 Å². The van der Waals surface area contributed by atoms with E-state index < -0.39 is 17.4 Å². The maximum atomic E-state index is 14.4. The third-order valence-electron chi connectivity index (χ3n) is 5.79. The van der Waals surface area contributed by atoms with Gasteiger partial charge in [0.25, 0.3) is 0 Å². The van der Waals surface area contributed by atoms with Crippen LogP contribution in [-0.4, -0.2) is 5.11 Å². The van der Waals surface area contributed by atoms with Crippen molar-refractivity contribution in [2.75, 3.05) is 0 Å². The fraction of sp³-hybridized carbons (Fsp3) is 0.545. The highest BCUT2D eigenvalue weighted by atomic mass is 19.1. The Bertz CT molecular complexity index is 718. The van der Waals surface area contributed by atoms with Crippen molar-refractivity contribution in [1.29, 1.82) is 0 Å². The summed E-state index contributed by atoms with van der Waals surface area (Å²) in [6.45, 7) is 2.24. The molecule has 1 nitrogen and oxygen atoms in total. The van der Waals surface area contributed by atoms with E-state index >= 15 is 0 Å². The Balaban J connectivity index is 1.66. The molecule has 136 valence electrons. The maximum absolute atomic E-state index is 14.4. The van der Waals surface area contributed by atoms with Gasteiger partial charge in [-0.05, 0) is 60.6 Å². The molecule has 2 aromatic rings. The molecular formula is C22H28F2O. The van der Waals surface area contributed by atoms with Crippen LogP contribution >= 0.6 is 0 Å². The number of phenols is 1.